The highest BCUT2D eigenvalue weighted by Crippen LogP contribution is 2.12. The van der Waals surface area contributed by atoms with Crippen molar-refractivity contribution in [1.29, 1.82) is 0 Å². The Balaban J connectivity index is 1.78. The number of carboxylic acids is 1. The molecule has 0 saturated heterocycles. The maximum Gasteiger partial charge on any atom is 0.354 e. The first-order valence-electron chi connectivity index (χ1n) is 6.28. The van der Waals surface area contributed by atoms with Crippen molar-refractivity contribution in [2.24, 2.45) is 0 Å². The van der Waals surface area contributed by atoms with Gasteiger partial charge in [0.1, 0.15) is 5.69 Å². The third-order valence-electron chi connectivity index (χ3n) is 2.90. The molecule has 0 unspecified atom stereocenters. The Hall–Kier alpha value is -2.41. The number of aromatic nitrogens is 1. The summed E-state index contributed by atoms with van der Waals surface area (Å²) in [7, 11) is 0. The second-order valence-corrected chi connectivity index (χ2v) is 5.22. The number of thiophene rings is 1. The van der Waals surface area contributed by atoms with Crippen LogP contribution in [-0.2, 0) is 13.1 Å². The van der Waals surface area contributed by atoms with E-state index in [9.17, 15) is 9.59 Å². The van der Waals surface area contributed by atoms with Crippen molar-refractivity contribution in [3.05, 3.63) is 51.5 Å². The summed E-state index contributed by atoms with van der Waals surface area (Å²) in [5.41, 5.74) is 2.98. The highest BCUT2D eigenvalue weighted by molar-refractivity contribution is 7.08. The van der Waals surface area contributed by atoms with Gasteiger partial charge < -0.3 is 15.7 Å². The van der Waals surface area contributed by atoms with Crippen molar-refractivity contribution < 1.29 is 14.7 Å². The van der Waals surface area contributed by atoms with E-state index in [1.54, 1.807) is 17.4 Å². The van der Waals surface area contributed by atoms with Crippen LogP contribution in [0.1, 0.15) is 27.2 Å². The maximum atomic E-state index is 11.7. The summed E-state index contributed by atoms with van der Waals surface area (Å²) in [6, 6.07) is 2.76. The molecule has 2 rings (SSSR count). The zero-order chi connectivity index (χ0) is 15.2. The molecule has 2 heterocycles. The van der Waals surface area contributed by atoms with E-state index >= 15 is 0 Å². The van der Waals surface area contributed by atoms with Crippen molar-refractivity contribution in [1.82, 2.24) is 15.6 Å². The fourth-order valence-corrected chi connectivity index (χ4v) is 2.50. The molecule has 2 aromatic heterocycles. The molecule has 0 aliphatic carbocycles. The lowest BCUT2D eigenvalue weighted by atomic mass is 10.2. The SMILES string of the molecule is Cc1cscc1CNC(=O)NCc1ccc(C(=O)O)nc1. The standard InChI is InChI=1S/C14H15N3O3S/c1-9-7-21-8-11(9)6-17-14(20)16-5-10-2-3-12(13(18)19)15-4-10/h2-4,7-8H,5-6H2,1H3,(H,18,19)(H2,16,17,20). The number of nitrogens with one attached hydrogen (secondary N) is 2. The Morgan fingerprint density at radius 1 is 1.24 bits per heavy atom. The average molecular weight is 305 g/mol. The number of aryl methyl sites for hydroxylation is 1. The molecule has 0 bridgehead atoms. The highest BCUT2D eigenvalue weighted by atomic mass is 32.1. The molecule has 0 aliphatic heterocycles. The average Bonchev–Trinajstić information content (AvgIpc) is 2.88. The van der Waals surface area contributed by atoms with Crippen LogP contribution >= 0.6 is 11.3 Å². The van der Waals surface area contributed by atoms with Gasteiger partial charge >= 0.3 is 12.0 Å². The lowest BCUT2D eigenvalue weighted by Crippen LogP contribution is -2.34. The Kier molecular flexibility index (Phi) is 4.89. The van der Waals surface area contributed by atoms with Crippen molar-refractivity contribution in [2.75, 3.05) is 0 Å². The number of aromatic carboxylic acids is 1. The van der Waals surface area contributed by atoms with Gasteiger partial charge in [-0.2, -0.15) is 11.3 Å². The minimum absolute atomic E-state index is 0.0175. The molecule has 3 N–H and O–H groups in total. The summed E-state index contributed by atoms with van der Waals surface area (Å²) in [6.45, 7) is 2.78. The van der Waals surface area contributed by atoms with Gasteiger partial charge in [-0.3, -0.25) is 0 Å². The molecule has 7 heteroatoms. The molecule has 21 heavy (non-hydrogen) atoms. The molecule has 6 nitrogen and oxygen atoms in total. The summed E-state index contributed by atoms with van der Waals surface area (Å²) in [6.07, 6.45) is 1.44. The molecule has 110 valence electrons. The number of carbonyl (C=O) groups is 2. The topological polar surface area (TPSA) is 91.3 Å². The first-order valence-corrected chi connectivity index (χ1v) is 7.22. The zero-order valence-electron chi connectivity index (χ0n) is 11.4. The van der Waals surface area contributed by atoms with Gasteiger partial charge in [0.25, 0.3) is 0 Å². The van der Waals surface area contributed by atoms with E-state index in [1.807, 2.05) is 17.7 Å². The van der Waals surface area contributed by atoms with E-state index in [0.29, 0.717) is 13.1 Å². The minimum Gasteiger partial charge on any atom is -0.477 e. The Morgan fingerprint density at radius 3 is 2.57 bits per heavy atom. The van der Waals surface area contributed by atoms with Crippen LogP contribution in [0.5, 0.6) is 0 Å². The van der Waals surface area contributed by atoms with E-state index in [0.717, 1.165) is 16.7 Å². The van der Waals surface area contributed by atoms with E-state index in [2.05, 4.69) is 15.6 Å². The molecule has 0 atom stereocenters. The third kappa shape index (κ3) is 4.28. The summed E-state index contributed by atoms with van der Waals surface area (Å²) < 4.78 is 0. The quantitative estimate of drug-likeness (QED) is 0.789. The normalized spacial score (nSPS) is 10.1. The molecular formula is C14H15N3O3S. The molecule has 0 aliphatic rings. The fraction of sp³-hybridized carbons (Fsp3) is 0.214. The van der Waals surface area contributed by atoms with Gasteiger partial charge in [0.05, 0.1) is 0 Å². The summed E-state index contributed by atoms with van der Waals surface area (Å²) in [5, 5.41) is 18.2. The molecule has 0 aromatic carbocycles. The van der Waals surface area contributed by atoms with Gasteiger partial charge in [0, 0.05) is 19.3 Å². The highest BCUT2D eigenvalue weighted by Gasteiger charge is 2.05. The predicted molar refractivity (Wildman–Crippen MR) is 79.3 cm³/mol. The van der Waals surface area contributed by atoms with Crippen LogP contribution in [0.15, 0.2) is 29.1 Å². The minimum atomic E-state index is -1.07. The Morgan fingerprint density at radius 2 is 2.00 bits per heavy atom. The lowest BCUT2D eigenvalue weighted by molar-refractivity contribution is 0.0690. The van der Waals surface area contributed by atoms with Gasteiger partial charge in [-0.25, -0.2) is 14.6 Å². The van der Waals surface area contributed by atoms with E-state index in [1.165, 1.54) is 12.3 Å². The zero-order valence-corrected chi connectivity index (χ0v) is 12.2. The summed E-state index contributed by atoms with van der Waals surface area (Å²) in [5.74, 6) is -1.07. The second kappa shape index (κ2) is 6.85. The van der Waals surface area contributed by atoms with Gasteiger partial charge in [0.2, 0.25) is 0 Å². The Bertz CT molecular complexity index is 637. The maximum absolute atomic E-state index is 11.7. The number of pyridine rings is 1. The van der Waals surface area contributed by atoms with Crippen LogP contribution in [0.2, 0.25) is 0 Å². The number of carboxylic acid groups (broad SMARTS) is 1. The molecule has 0 saturated carbocycles. The number of carbonyl (C=O) groups excluding carboxylic acids is 1. The van der Waals surface area contributed by atoms with Crippen molar-refractivity contribution in [2.45, 2.75) is 20.0 Å². The second-order valence-electron chi connectivity index (χ2n) is 4.47. The third-order valence-corrected chi connectivity index (χ3v) is 3.81. The van der Waals surface area contributed by atoms with E-state index in [4.69, 9.17) is 5.11 Å². The largest absolute Gasteiger partial charge is 0.477 e. The van der Waals surface area contributed by atoms with Gasteiger partial charge in [-0.05, 0) is 40.4 Å². The summed E-state index contributed by atoms with van der Waals surface area (Å²) in [4.78, 5) is 26.1. The number of amides is 2. The van der Waals surface area contributed by atoms with E-state index < -0.39 is 5.97 Å². The van der Waals surface area contributed by atoms with Crippen LogP contribution in [0.25, 0.3) is 0 Å². The van der Waals surface area contributed by atoms with Crippen molar-refractivity contribution in [3.8, 4) is 0 Å². The lowest BCUT2D eigenvalue weighted by Gasteiger charge is -2.07. The number of hydrogen-bond acceptors (Lipinski definition) is 4. The molecule has 0 radical (unpaired) electrons. The van der Waals surface area contributed by atoms with Crippen LogP contribution in [0.4, 0.5) is 4.79 Å². The molecule has 0 fully saturated rings. The van der Waals surface area contributed by atoms with Gasteiger partial charge in [0.15, 0.2) is 0 Å². The predicted octanol–water partition coefficient (Wildman–Crippen LogP) is 2.15. The van der Waals surface area contributed by atoms with Gasteiger partial charge in [-0.15, -0.1) is 0 Å². The van der Waals surface area contributed by atoms with Crippen LogP contribution in [-0.4, -0.2) is 22.1 Å². The summed E-state index contributed by atoms with van der Waals surface area (Å²) >= 11 is 1.60. The molecule has 2 aromatic rings. The Labute approximate surface area is 125 Å². The number of rotatable bonds is 5. The molecule has 2 amide bonds. The number of hydrogen-bond donors (Lipinski definition) is 3. The van der Waals surface area contributed by atoms with Gasteiger partial charge in [-0.1, -0.05) is 6.07 Å². The smallest absolute Gasteiger partial charge is 0.354 e. The monoisotopic (exact) mass is 305 g/mol. The molecular weight excluding hydrogens is 290 g/mol. The fourth-order valence-electron chi connectivity index (χ4n) is 1.64. The molecule has 0 spiro atoms. The van der Waals surface area contributed by atoms with Crippen LogP contribution in [0, 0.1) is 6.92 Å². The van der Waals surface area contributed by atoms with Crippen molar-refractivity contribution in [3.63, 3.8) is 0 Å². The van der Waals surface area contributed by atoms with Crippen LogP contribution < -0.4 is 10.6 Å². The van der Waals surface area contributed by atoms with E-state index in [-0.39, 0.29) is 11.7 Å². The van der Waals surface area contributed by atoms with Crippen LogP contribution in [0.3, 0.4) is 0 Å². The van der Waals surface area contributed by atoms with Crippen molar-refractivity contribution >= 4 is 23.3 Å². The first-order chi connectivity index (χ1) is 10.1. The first kappa shape index (κ1) is 15.0. The number of urea groups is 1. The number of nitrogens with zero attached hydrogens (tertiary/aromatic N) is 1.